The molecule has 0 amide bonds. The zero-order chi connectivity index (χ0) is 14.2. The van der Waals surface area contributed by atoms with Crippen molar-refractivity contribution >= 4 is 5.69 Å². The number of aliphatic hydroxyl groups is 1. The van der Waals surface area contributed by atoms with E-state index >= 15 is 0 Å². The number of anilines is 1. The Bertz CT molecular complexity index is 390. The number of rotatable bonds is 7. The second-order valence-corrected chi connectivity index (χ2v) is 5.47. The predicted molar refractivity (Wildman–Crippen MR) is 82.2 cm³/mol. The van der Waals surface area contributed by atoms with Crippen molar-refractivity contribution in [1.82, 2.24) is 4.90 Å². The van der Waals surface area contributed by atoms with Crippen LogP contribution >= 0.6 is 0 Å². The highest BCUT2D eigenvalue weighted by atomic mass is 16.5. The minimum atomic E-state index is 0.114. The average molecular weight is 278 g/mol. The van der Waals surface area contributed by atoms with Gasteiger partial charge in [0.2, 0.25) is 0 Å². The molecule has 0 saturated carbocycles. The summed E-state index contributed by atoms with van der Waals surface area (Å²) >= 11 is 0. The number of ether oxygens (including phenoxy) is 1. The molecule has 1 aromatic rings. The first kappa shape index (κ1) is 15.3. The Kier molecular flexibility index (Phi) is 6.30. The van der Waals surface area contributed by atoms with Crippen LogP contribution in [0.1, 0.15) is 18.4 Å². The van der Waals surface area contributed by atoms with Crippen LogP contribution in [-0.4, -0.2) is 55.5 Å². The van der Waals surface area contributed by atoms with Gasteiger partial charge in [0.15, 0.2) is 0 Å². The molecule has 1 aliphatic heterocycles. The van der Waals surface area contributed by atoms with Gasteiger partial charge in [-0.3, -0.25) is 0 Å². The Morgan fingerprint density at radius 3 is 2.80 bits per heavy atom. The molecule has 2 rings (SSSR count). The predicted octanol–water partition coefficient (Wildman–Crippen LogP) is 1.88. The molecule has 4 nitrogen and oxygen atoms in total. The molecule has 0 spiro atoms. The van der Waals surface area contributed by atoms with E-state index in [1.165, 1.54) is 24.1 Å². The average Bonchev–Trinajstić information content (AvgIpc) is 2.45. The standard InChI is InChI=1S/C16H26N2O2/c1-14-3-2-4-16(13-14)17-15-5-7-18(8-6-15)9-11-20-12-10-19/h2-4,13,15,17,19H,5-12H2,1H3. The summed E-state index contributed by atoms with van der Waals surface area (Å²) in [6.07, 6.45) is 2.35. The molecule has 1 aromatic carbocycles. The van der Waals surface area contributed by atoms with Crippen molar-refractivity contribution < 1.29 is 9.84 Å². The molecule has 1 heterocycles. The maximum atomic E-state index is 8.65. The van der Waals surface area contributed by atoms with Crippen LogP contribution in [0.5, 0.6) is 0 Å². The zero-order valence-corrected chi connectivity index (χ0v) is 12.3. The van der Waals surface area contributed by atoms with E-state index in [0.29, 0.717) is 12.6 Å². The van der Waals surface area contributed by atoms with Crippen LogP contribution in [0.3, 0.4) is 0 Å². The number of nitrogens with zero attached hydrogens (tertiary/aromatic N) is 1. The van der Waals surface area contributed by atoms with Crippen molar-refractivity contribution in [2.75, 3.05) is 44.8 Å². The van der Waals surface area contributed by atoms with E-state index in [9.17, 15) is 0 Å². The number of aliphatic hydroxyl groups excluding tert-OH is 1. The van der Waals surface area contributed by atoms with Gasteiger partial charge in [0.05, 0.1) is 19.8 Å². The monoisotopic (exact) mass is 278 g/mol. The van der Waals surface area contributed by atoms with E-state index in [-0.39, 0.29) is 6.61 Å². The van der Waals surface area contributed by atoms with Crippen molar-refractivity contribution in [3.05, 3.63) is 29.8 Å². The molecule has 0 aromatic heterocycles. The molecule has 0 unspecified atom stereocenters. The molecular formula is C16H26N2O2. The van der Waals surface area contributed by atoms with E-state index in [4.69, 9.17) is 9.84 Å². The minimum absolute atomic E-state index is 0.114. The summed E-state index contributed by atoms with van der Waals surface area (Å²) in [4.78, 5) is 2.44. The molecule has 1 saturated heterocycles. The Morgan fingerprint density at radius 1 is 1.30 bits per heavy atom. The molecule has 112 valence electrons. The first-order valence-corrected chi connectivity index (χ1v) is 7.52. The SMILES string of the molecule is Cc1cccc(NC2CCN(CCOCCO)CC2)c1. The fourth-order valence-electron chi connectivity index (χ4n) is 2.63. The Balaban J connectivity index is 1.66. The van der Waals surface area contributed by atoms with E-state index < -0.39 is 0 Å². The lowest BCUT2D eigenvalue weighted by Gasteiger charge is -2.32. The molecule has 1 aliphatic rings. The number of hydrogen-bond donors (Lipinski definition) is 2. The van der Waals surface area contributed by atoms with Gasteiger partial charge in [-0.1, -0.05) is 12.1 Å². The number of benzene rings is 1. The van der Waals surface area contributed by atoms with Gasteiger partial charge in [0, 0.05) is 31.4 Å². The second-order valence-electron chi connectivity index (χ2n) is 5.47. The van der Waals surface area contributed by atoms with Crippen LogP contribution in [-0.2, 0) is 4.74 Å². The van der Waals surface area contributed by atoms with Crippen LogP contribution in [0, 0.1) is 6.92 Å². The smallest absolute Gasteiger partial charge is 0.0698 e. The molecule has 0 radical (unpaired) electrons. The molecule has 20 heavy (non-hydrogen) atoms. The maximum absolute atomic E-state index is 8.65. The van der Waals surface area contributed by atoms with E-state index in [1.54, 1.807) is 0 Å². The van der Waals surface area contributed by atoms with Crippen molar-refractivity contribution in [3.63, 3.8) is 0 Å². The van der Waals surface area contributed by atoms with Gasteiger partial charge in [-0.25, -0.2) is 0 Å². The van der Waals surface area contributed by atoms with E-state index in [1.807, 2.05) is 0 Å². The molecular weight excluding hydrogens is 252 g/mol. The van der Waals surface area contributed by atoms with Crippen molar-refractivity contribution in [1.29, 1.82) is 0 Å². The fourth-order valence-corrected chi connectivity index (χ4v) is 2.63. The van der Waals surface area contributed by atoms with Gasteiger partial charge in [-0.15, -0.1) is 0 Å². The molecule has 0 aliphatic carbocycles. The highest BCUT2D eigenvalue weighted by molar-refractivity contribution is 5.46. The lowest BCUT2D eigenvalue weighted by molar-refractivity contribution is 0.0687. The van der Waals surface area contributed by atoms with Gasteiger partial charge in [-0.2, -0.15) is 0 Å². The summed E-state index contributed by atoms with van der Waals surface area (Å²) in [7, 11) is 0. The van der Waals surface area contributed by atoms with Crippen molar-refractivity contribution in [2.45, 2.75) is 25.8 Å². The topological polar surface area (TPSA) is 44.7 Å². The van der Waals surface area contributed by atoms with Gasteiger partial charge >= 0.3 is 0 Å². The molecule has 0 atom stereocenters. The first-order chi connectivity index (χ1) is 9.78. The summed E-state index contributed by atoms with van der Waals surface area (Å²) in [6.45, 7) is 6.61. The first-order valence-electron chi connectivity index (χ1n) is 7.52. The lowest BCUT2D eigenvalue weighted by atomic mass is 10.0. The summed E-state index contributed by atoms with van der Waals surface area (Å²) < 4.78 is 5.31. The third-order valence-corrected chi connectivity index (χ3v) is 3.76. The normalized spacial score (nSPS) is 17.3. The molecule has 2 N–H and O–H groups in total. The van der Waals surface area contributed by atoms with E-state index in [0.717, 1.165) is 26.2 Å². The summed E-state index contributed by atoms with van der Waals surface area (Å²) in [6, 6.07) is 9.15. The summed E-state index contributed by atoms with van der Waals surface area (Å²) in [5, 5.41) is 12.3. The van der Waals surface area contributed by atoms with Crippen LogP contribution < -0.4 is 5.32 Å². The minimum Gasteiger partial charge on any atom is -0.394 e. The highest BCUT2D eigenvalue weighted by Crippen LogP contribution is 2.17. The van der Waals surface area contributed by atoms with Crippen LogP contribution in [0.25, 0.3) is 0 Å². The largest absolute Gasteiger partial charge is 0.394 e. The number of hydrogen-bond acceptors (Lipinski definition) is 4. The van der Waals surface area contributed by atoms with Gasteiger partial charge in [0.1, 0.15) is 0 Å². The molecule has 4 heteroatoms. The molecule has 1 fully saturated rings. The van der Waals surface area contributed by atoms with Crippen LogP contribution in [0.4, 0.5) is 5.69 Å². The van der Waals surface area contributed by atoms with Gasteiger partial charge in [-0.05, 0) is 37.5 Å². The van der Waals surface area contributed by atoms with Gasteiger partial charge in [0.25, 0.3) is 0 Å². The Labute approximate surface area is 121 Å². The lowest BCUT2D eigenvalue weighted by Crippen LogP contribution is -2.40. The second kappa shape index (κ2) is 8.25. The zero-order valence-electron chi connectivity index (χ0n) is 12.3. The third kappa shape index (κ3) is 5.12. The van der Waals surface area contributed by atoms with Crippen LogP contribution in [0.15, 0.2) is 24.3 Å². The van der Waals surface area contributed by atoms with Crippen LogP contribution in [0.2, 0.25) is 0 Å². The quantitative estimate of drug-likeness (QED) is 0.748. The van der Waals surface area contributed by atoms with Crippen molar-refractivity contribution in [2.24, 2.45) is 0 Å². The fraction of sp³-hybridized carbons (Fsp3) is 0.625. The summed E-state index contributed by atoms with van der Waals surface area (Å²) in [5.41, 5.74) is 2.53. The number of nitrogens with one attached hydrogen (secondary N) is 1. The maximum Gasteiger partial charge on any atom is 0.0698 e. The Hall–Kier alpha value is -1.10. The van der Waals surface area contributed by atoms with Gasteiger partial charge < -0.3 is 20.1 Å². The number of likely N-dealkylation sites (tertiary alicyclic amines) is 1. The highest BCUT2D eigenvalue weighted by Gasteiger charge is 2.18. The number of aryl methyl sites for hydroxylation is 1. The van der Waals surface area contributed by atoms with E-state index in [2.05, 4.69) is 41.4 Å². The third-order valence-electron chi connectivity index (χ3n) is 3.76. The Morgan fingerprint density at radius 2 is 2.10 bits per heavy atom. The van der Waals surface area contributed by atoms with Crippen molar-refractivity contribution in [3.8, 4) is 0 Å². The number of piperidine rings is 1. The summed E-state index contributed by atoms with van der Waals surface area (Å²) in [5.74, 6) is 0. The molecule has 0 bridgehead atoms.